The fourth-order valence-corrected chi connectivity index (χ4v) is 3.88. The number of nitrogens with one attached hydrogen (secondary N) is 1. The molecule has 1 aliphatic heterocycles. The topological polar surface area (TPSA) is 74.5 Å². The van der Waals surface area contributed by atoms with E-state index >= 15 is 0 Å². The van der Waals surface area contributed by atoms with E-state index in [0.717, 1.165) is 43.6 Å². The first-order valence-corrected chi connectivity index (χ1v) is 11.5. The SMILES string of the molecule is Cc1ccc(-c2noc(CCCN3CCN(C(=O)NCCc4ccc(F)cc4)CC3)n2)cc1. The average molecular weight is 452 g/mol. The van der Waals surface area contributed by atoms with Crippen molar-refractivity contribution in [2.45, 2.75) is 26.2 Å². The molecule has 7 nitrogen and oxygen atoms in total. The Hall–Kier alpha value is -3.26. The molecule has 0 atom stereocenters. The number of rotatable bonds is 8. The zero-order chi connectivity index (χ0) is 23.0. The Morgan fingerprint density at radius 1 is 1.03 bits per heavy atom. The third-order valence-corrected chi connectivity index (χ3v) is 5.91. The van der Waals surface area contributed by atoms with Crippen LogP contribution < -0.4 is 5.32 Å². The number of piperazine rings is 1. The highest BCUT2D eigenvalue weighted by molar-refractivity contribution is 5.74. The number of hydrogen-bond donors (Lipinski definition) is 1. The highest BCUT2D eigenvalue weighted by Crippen LogP contribution is 2.17. The van der Waals surface area contributed by atoms with E-state index in [0.29, 0.717) is 37.8 Å². The normalized spacial score (nSPS) is 14.4. The van der Waals surface area contributed by atoms with Crippen LogP contribution in [0.2, 0.25) is 0 Å². The quantitative estimate of drug-likeness (QED) is 0.566. The Bertz CT molecular complexity index is 1030. The zero-order valence-corrected chi connectivity index (χ0v) is 19.0. The molecule has 0 radical (unpaired) electrons. The number of hydrogen-bond acceptors (Lipinski definition) is 5. The van der Waals surface area contributed by atoms with E-state index in [2.05, 4.69) is 20.4 Å². The van der Waals surface area contributed by atoms with E-state index in [4.69, 9.17) is 4.52 Å². The molecule has 0 unspecified atom stereocenters. The number of urea groups is 1. The van der Waals surface area contributed by atoms with E-state index in [1.807, 2.05) is 36.1 Å². The summed E-state index contributed by atoms with van der Waals surface area (Å²) in [6, 6.07) is 14.4. The van der Waals surface area contributed by atoms with Crippen LogP contribution in [0.5, 0.6) is 0 Å². The number of halogens is 1. The molecule has 1 saturated heterocycles. The van der Waals surface area contributed by atoms with Crippen LogP contribution in [0.4, 0.5) is 9.18 Å². The summed E-state index contributed by atoms with van der Waals surface area (Å²) in [5, 5.41) is 7.05. The molecule has 1 fully saturated rings. The van der Waals surface area contributed by atoms with Crippen molar-refractivity contribution in [3.05, 3.63) is 71.4 Å². The Balaban J connectivity index is 1.12. The van der Waals surface area contributed by atoms with E-state index in [1.54, 1.807) is 12.1 Å². The molecule has 3 aromatic rings. The third kappa shape index (κ3) is 6.61. The number of benzene rings is 2. The molecular formula is C25H30FN5O2. The second kappa shape index (κ2) is 11.0. The van der Waals surface area contributed by atoms with E-state index < -0.39 is 0 Å². The lowest BCUT2D eigenvalue weighted by Crippen LogP contribution is -2.52. The van der Waals surface area contributed by atoms with Crippen LogP contribution in [-0.2, 0) is 12.8 Å². The van der Waals surface area contributed by atoms with Gasteiger partial charge in [0.1, 0.15) is 5.82 Å². The van der Waals surface area contributed by atoms with Crippen LogP contribution in [-0.4, -0.2) is 65.2 Å². The van der Waals surface area contributed by atoms with Crippen molar-refractivity contribution in [3.8, 4) is 11.4 Å². The highest BCUT2D eigenvalue weighted by Gasteiger charge is 2.20. The molecule has 1 aliphatic rings. The van der Waals surface area contributed by atoms with Crippen LogP contribution in [0.3, 0.4) is 0 Å². The van der Waals surface area contributed by atoms with Crippen molar-refractivity contribution in [2.24, 2.45) is 0 Å². The summed E-state index contributed by atoms with van der Waals surface area (Å²) >= 11 is 0. The molecule has 0 aliphatic carbocycles. The van der Waals surface area contributed by atoms with Gasteiger partial charge in [0.05, 0.1) is 0 Å². The van der Waals surface area contributed by atoms with Crippen molar-refractivity contribution in [2.75, 3.05) is 39.3 Å². The van der Waals surface area contributed by atoms with Gasteiger partial charge in [-0.1, -0.05) is 47.1 Å². The molecular weight excluding hydrogens is 421 g/mol. The predicted molar refractivity (Wildman–Crippen MR) is 124 cm³/mol. The highest BCUT2D eigenvalue weighted by atomic mass is 19.1. The first-order chi connectivity index (χ1) is 16.1. The smallest absolute Gasteiger partial charge is 0.317 e. The monoisotopic (exact) mass is 451 g/mol. The van der Waals surface area contributed by atoms with Crippen LogP contribution in [0.15, 0.2) is 53.1 Å². The van der Waals surface area contributed by atoms with Gasteiger partial charge in [0.2, 0.25) is 11.7 Å². The Morgan fingerprint density at radius 3 is 2.48 bits per heavy atom. The molecule has 174 valence electrons. The molecule has 4 rings (SSSR count). The molecule has 1 aromatic heterocycles. The number of nitrogens with zero attached hydrogens (tertiary/aromatic N) is 4. The molecule has 0 spiro atoms. The molecule has 2 heterocycles. The third-order valence-electron chi connectivity index (χ3n) is 5.91. The van der Waals surface area contributed by atoms with Crippen molar-refractivity contribution in [1.29, 1.82) is 0 Å². The van der Waals surface area contributed by atoms with Crippen molar-refractivity contribution in [3.63, 3.8) is 0 Å². The molecule has 0 bridgehead atoms. The van der Waals surface area contributed by atoms with Gasteiger partial charge in [0, 0.05) is 44.7 Å². The van der Waals surface area contributed by atoms with E-state index in [-0.39, 0.29) is 11.8 Å². The number of aromatic nitrogens is 2. The van der Waals surface area contributed by atoms with Gasteiger partial charge in [-0.2, -0.15) is 4.98 Å². The van der Waals surface area contributed by atoms with Crippen LogP contribution in [0.1, 0.15) is 23.4 Å². The summed E-state index contributed by atoms with van der Waals surface area (Å²) < 4.78 is 18.4. The number of carbonyl (C=O) groups is 1. The van der Waals surface area contributed by atoms with Gasteiger partial charge < -0.3 is 14.7 Å². The maximum Gasteiger partial charge on any atom is 0.317 e. The summed E-state index contributed by atoms with van der Waals surface area (Å²) in [5.74, 6) is 1.04. The number of amides is 2. The minimum Gasteiger partial charge on any atom is -0.339 e. The lowest BCUT2D eigenvalue weighted by Gasteiger charge is -2.34. The maximum atomic E-state index is 13.0. The maximum absolute atomic E-state index is 13.0. The van der Waals surface area contributed by atoms with Crippen LogP contribution >= 0.6 is 0 Å². The summed E-state index contributed by atoms with van der Waals surface area (Å²) in [6.45, 7) is 6.64. The second-order valence-electron chi connectivity index (χ2n) is 8.42. The van der Waals surface area contributed by atoms with Crippen molar-refractivity contribution < 1.29 is 13.7 Å². The van der Waals surface area contributed by atoms with E-state index in [1.165, 1.54) is 17.7 Å². The lowest BCUT2D eigenvalue weighted by atomic mass is 10.1. The second-order valence-corrected chi connectivity index (χ2v) is 8.42. The van der Waals surface area contributed by atoms with Crippen LogP contribution in [0, 0.1) is 12.7 Å². The zero-order valence-electron chi connectivity index (χ0n) is 19.0. The fraction of sp³-hybridized carbons (Fsp3) is 0.400. The van der Waals surface area contributed by atoms with Gasteiger partial charge in [-0.15, -0.1) is 0 Å². The number of carbonyl (C=O) groups excluding carboxylic acids is 1. The predicted octanol–water partition coefficient (Wildman–Crippen LogP) is 3.69. The Kier molecular flexibility index (Phi) is 7.67. The standard InChI is InChI=1S/C25H30FN5O2/c1-19-4-8-21(9-5-19)24-28-23(33-29-24)3-2-14-30-15-17-31(18-16-30)25(32)27-13-12-20-6-10-22(26)11-7-20/h4-11H,2-3,12-18H2,1H3,(H,27,32). The Morgan fingerprint density at radius 2 is 1.76 bits per heavy atom. The molecule has 33 heavy (non-hydrogen) atoms. The minimum absolute atomic E-state index is 0.0359. The van der Waals surface area contributed by atoms with Gasteiger partial charge in [0.25, 0.3) is 0 Å². The molecule has 2 amide bonds. The largest absolute Gasteiger partial charge is 0.339 e. The first-order valence-electron chi connectivity index (χ1n) is 11.5. The van der Waals surface area contributed by atoms with Crippen LogP contribution in [0.25, 0.3) is 11.4 Å². The average Bonchev–Trinajstić information content (AvgIpc) is 3.30. The van der Waals surface area contributed by atoms with Crippen molar-refractivity contribution >= 4 is 6.03 Å². The van der Waals surface area contributed by atoms with Gasteiger partial charge in [-0.25, -0.2) is 9.18 Å². The summed E-state index contributed by atoms with van der Waals surface area (Å²) in [5.41, 5.74) is 3.17. The van der Waals surface area contributed by atoms with E-state index in [9.17, 15) is 9.18 Å². The summed E-state index contributed by atoms with van der Waals surface area (Å²) in [7, 11) is 0. The molecule has 0 saturated carbocycles. The Labute approximate surface area is 193 Å². The molecule has 1 N–H and O–H groups in total. The van der Waals surface area contributed by atoms with Gasteiger partial charge >= 0.3 is 6.03 Å². The minimum atomic E-state index is -0.246. The molecule has 8 heteroatoms. The van der Waals surface area contributed by atoms with Gasteiger partial charge in [-0.05, 0) is 44.0 Å². The summed E-state index contributed by atoms with van der Waals surface area (Å²) in [6.07, 6.45) is 2.36. The fourth-order valence-electron chi connectivity index (χ4n) is 3.88. The molecule has 2 aromatic carbocycles. The van der Waals surface area contributed by atoms with Gasteiger partial charge in [0.15, 0.2) is 0 Å². The summed E-state index contributed by atoms with van der Waals surface area (Å²) in [4.78, 5) is 21.1. The van der Waals surface area contributed by atoms with Gasteiger partial charge in [-0.3, -0.25) is 4.90 Å². The number of aryl methyl sites for hydroxylation is 2. The lowest BCUT2D eigenvalue weighted by molar-refractivity contribution is 0.138. The first kappa shape index (κ1) is 22.9. The van der Waals surface area contributed by atoms with Crippen molar-refractivity contribution in [1.82, 2.24) is 25.3 Å².